The van der Waals surface area contributed by atoms with E-state index in [9.17, 15) is 4.79 Å². The van der Waals surface area contributed by atoms with Gasteiger partial charge in [0.15, 0.2) is 0 Å². The molecule has 11 heavy (non-hydrogen) atoms. The largest absolute Gasteiger partial charge is 0.298 e. The lowest BCUT2D eigenvalue weighted by atomic mass is 10.1. The Morgan fingerprint density at radius 2 is 2.09 bits per heavy atom. The van der Waals surface area contributed by atoms with Crippen LogP contribution in [0.25, 0.3) is 0 Å². The first-order valence-electron chi connectivity index (χ1n) is 3.98. The molecule has 0 rings (SSSR count). The summed E-state index contributed by atoms with van der Waals surface area (Å²) in [6.07, 6.45) is 7.62. The SMILES string of the molecule is CC=C(C=O)C=CCC(C)C. The van der Waals surface area contributed by atoms with Gasteiger partial charge in [-0.3, -0.25) is 4.79 Å². The molecule has 0 aliphatic rings. The number of carbonyl (C=O) groups is 1. The molecule has 0 aliphatic carbocycles. The van der Waals surface area contributed by atoms with E-state index in [0.717, 1.165) is 18.3 Å². The molecule has 0 spiro atoms. The second-order valence-corrected chi connectivity index (χ2v) is 2.94. The van der Waals surface area contributed by atoms with Crippen molar-refractivity contribution >= 4 is 6.29 Å². The van der Waals surface area contributed by atoms with Gasteiger partial charge >= 0.3 is 0 Å². The van der Waals surface area contributed by atoms with E-state index in [1.807, 2.05) is 25.2 Å². The quantitative estimate of drug-likeness (QED) is 0.344. The van der Waals surface area contributed by atoms with Crippen LogP contribution in [0.5, 0.6) is 0 Å². The topological polar surface area (TPSA) is 17.1 Å². The third-order valence-corrected chi connectivity index (χ3v) is 1.39. The minimum absolute atomic E-state index is 0.663. The molecular formula is C10H16O. The summed E-state index contributed by atoms with van der Waals surface area (Å²) >= 11 is 0. The maximum absolute atomic E-state index is 10.3. The van der Waals surface area contributed by atoms with Gasteiger partial charge in [0.05, 0.1) is 0 Å². The molecule has 0 bridgehead atoms. The zero-order valence-corrected chi connectivity index (χ0v) is 7.50. The number of hydrogen-bond acceptors (Lipinski definition) is 1. The zero-order valence-electron chi connectivity index (χ0n) is 7.50. The Morgan fingerprint density at radius 1 is 1.45 bits per heavy atom. The molecule has 1 nitrogen and oxygen atoms in total. The molecule has 0 aromatic carbocycles. The van der Waals surface area contributed by atoms with Crippen molar-refractivity contribution in [2.24, 2.45) is 5.92 Å². The van der Waals surface area contributed by atoms with Crippen LogP contribution in [0.3, 0.4) is 0 Å². The molecule has 0 aliphatic heterocycles. The summed E-state index contributed by atoms with van der Waals surface area (Å²) in [5, 5.41) is 0. The highest BCUT2D eigenvalue weighted by molar-refractivity contribution is 5.77. The summed E-state index contributed by atoms with van der Waals surface area (Å²) in [6.45, 7) is 6.17. The van der Waals surface area contributed by atoms with Crippen LogP contribution in [0, 0.1) is 5.92 Å². The van der Waals surface area contributed by atoms with E-state index in [0.29, 0.717) is 5.92 Å². The molecule has 0 N–H and O–H groups in total. The van der Waals surface area contributed by atoms with E-state index in [1.165, 1.54) is 0 Å². The molecule has 0 aromatic heterocycles. The predicted octanol–water partition coefficient (Wildman–Crippen LogP) is 2.73. The average molecular weight is 152 g/mol. The Morgan fingerprint density at radius 3 is 2.45 bits per heavy atom. The molecule has 0 amide bonds. The summed E-state index contributed by atoms with van der Waals surface area (Å²) in [4.78, 5) is 10.3. The van der Waals surface area contributed by atoms with Crippen LogP contribution in [0.2, 0.25) is 0 Å². The van der Waals surface area contributed by atoms with Gasteiger partial charge in [0, 0.05) is 5.57 Å². The average Bonchev–Trinajstić information content (AvgIpc) is 1.98. The lowest BCUT2D eigenvalue weighted by Crippen LogP contribution is -1.83. The molecule has 0 saturated heterocycles. The number of allylic oxidation sites excluding steroid dienone is 4. The van der Waals surface area contributed by atoms with Gasteiger partial charge in [-0.2, -0.15) is 0 Å². The molecule has 1 heteroatoms. The van der Waals surface area contributed by atoms with Crippen molar-refractivity contribution in [3.63, 3.8) is 0 Å². The number of hydrogen-bond donors (Lipinski definition) is 0. The van der Waals surface area contributed by atoms with Crippen LogP contribution in [-0.4, -0.2) is 6.29 Å². The maximum Gasteiger partial charge on any atom is 0.149 e. The van der Waals surface area contributed by atoms with Gasteiger partial charge in [0.2, 0.25) is 0 Å². The molecule has 0 heterocycles. The zero-order chi connectivity index (χ0) is 8.69. The van der Waals surface area contributed by atoms with Gasteiger partial charge in [-0.15, -0.1) is 0 Å². The molecule has 0 aromatic rings. The molecule has 0 fully saturated rings. The van der Waals surface area contributed by atoms with Crippen LogP contribution in [0.15, 0.2) is 23.8 Å². The minimum Gasteiger partial charge on any atom is -0.298 e. The summed E-state index contributed by atoms with van der Waals surface area (Å²) in [6, 6.07) is 0. The van der Waals surface area contributed by atoms with Gasteiger partial charge < -0.3 is 0 Å². The Hall–Kier alpha value is -0.850. The highest BCUT2D eigenvalue weighted by atomic mass is 16.1. The van der Waals surface area contributed by atoms with Crippen molar-refractivity contribution in [1.29, 1.82) is 0 Å². The lowest BCUT2D eigenvalue weighted by molar-refractivity contribution is -0.104. The Kier molecular flexibility index (Phi) is 5.44. The van der Waals surface area contributed by atoms with Crippen LogP contribution < -0.4 is 0 Å². The summed E-state index contributed by atoms with van der Waals surface area (Å²) < 4.78 is 0. The molecule has 0 radical (unpaired) electrons. The van der Waals surface area contributed by atoms with Gasteiger partial charge in [-0.05, 0) is 19.3 Å². The van der Waals surface area contributed by atoms with E-state index in [-0.39, 0.29) is 0 Å². The van der Waals surface area contributed by atoms with Gasteiger partial charge in [0.1, 0.15) is 6.29 Å². The van der Waals surface area contributed by atoms with Crippen molar-refractivity contribution in [3.05, 3.63) is 23.8 Å². The smallest absolute Gasteiger partial charge is 0.149 e. The number of rotatable bonds is 4. The van der Waals surface area contributed by atoms with Crippen LogP contribution >= 0.6 is 0 Å². The first kappa shape index (κ1) is 10.2. The summed E-state index contributed by atoms with van der Waals surface area (Å²) in [7, 11) is 0. The predicted molar refractivity (Wildman–Crippen MR) is 48.4 cm³/mol. The molecular weight excluding hydrogens is 136 g/mol. The van der Waals surface area contributed by atoms with Gasteiger partial charge in [-0.25, -0.2) is 0 Å². The first-order valence-corrected chi connectivity index (χ1v) is 3.98. The van der Waals surface area contributed by atoms with Crippen molar-refractivity contribution in [3.8, 4) is 0 Å². The van der Waals surface area contributed by atoms with Crippen LogP contribution in [0.1, 0.15) is 27.2 Å². The molecule has 0 unspecified atom stereocenters. The summed E-state index contributed by atoms with van der Waals surface area (Å²) in [5.74, 6) is 0.663. The lowest BCUT2D eigenvalue weighted by Gasteiger charge is -1.95. The van der Waals surface area contributed by atoms with E-state index in [4.69, 9.17) is 0 Å². The van der Waals surface area contributed by atoms with Crippen molar-refractivity contribution < 1.29 is 4.79 Å². The molecule has 62 valence electrons. The van der Waals surface area contributed by atoms with Crippen molar-refractivity contribution in [1.82, 2.24) is 0 Å². The first-order chi connectivity index (χ1) is 5.20. The second kappa shape index (κ2) is 5.90. The third-order valence-electron chi connectivity index (χ3n) is 1.39. The van der Waals surface area contributed by atoms with Crippen LogP contribution in [-0.2, 0) is 4.79 Å². The number of carbonyl (C=O) groups excluding carboxylic acids is 1. The van der Waals surface area contributed by atoms with Crippen molar-refractivity contribution in [2.45, 2.75) is 27.2 Å². The molecule has 0 saturated carbocycles. The standard InChI is InChI=1S/C10H16O/c1-4-10(8-11)7-5-6-9(2)3/h4-5,7-9H,6H2,1-3H3. The van der Waals surface area contributed by atoms with Gasteiger partial charge in [-0.1, -0.05) is 32.1 Å². The highest BCUT2D eigenvalue weighted by Gasteiger charge is 1.88. The van der Waals surface area contributed by atoms with Crippen molar-refractivity contribution in [2.75, 3.05) is 0 Å². The second-order valence-electron chi connectivity index (χ2n) is 2.94. The fourth-order valence-electron chi connectivity index (χ4n) is 0.680. The highest BCUT2D eigenvalue weighted by Crippen LogP contribution is 2.01. The Labute approximate surface area is 68.8 Å². The fourth-order valence-corrected chi connectivity index (χ4v) is 0.680. The fraction of sp³-hybridized carbons (Fsp3) is 0.500. The Balaban J connectivity index is 3.81. The normalized spacial score (nSPS) is 12.9. The van der Waals surface area contributed by atoms with E-state index in [2.05, 4.69) is 13.8 Å². The monoisotopic (exact) mass is 152 g/mol. The van der Waals surface area contributed by atoms with Gasteiger partial charge in [0.25, 0.3) is 0 Å². The van der Waals surface area contributed by atoms with Crippen LogP contribution in [0.4, 0.5) is 0 Å². The summed E-state index contributed by atoms with van der Waals surface area (Å²) in [5.41, 5.74) is 0.755. The van der Waals surface area contributed by atoms with E-state index >= 15 is 0 Å². The van der Waals surface area contributed by atoms with E-state index in [1.54, 1.807) is 0 Å². The van der Waals surface area contributed by atoms with E-state index < -0.39 is 0 Å². The minimum atomic E-state index is 0.663. The molecule has 0 atom stereocenters. The maximum atomic E-state index is 10.3. The Bertz CT molecular complexity index is 164. The number of aldehydes is 1. The third kappa shape index (κ3) is 5.59.